The predicted molar refractivity (Wildman–Crippen MR) is 100 cm³/mol. The lowest BCUT2D eigenvalue weighted by atomic mass is 10.0. The fourth-order valence-corrected chi connectivity index (χ4v) is 3.26. The Balaban J connectivity index is 1.52. The average molecular weight is 368 g/mol. The van der Waals surface area contributed by atoms with Crippen molar-refractivity contribution in [1.29, 1.82) is 0 Å². The minimum absolute atomic E-state index is 0.0117. The van der Waals surface area contributed by atoms with Crippen molar-refractivity contribution in [3.8, 4) is 11.1 Å². The molecule has 6 heteroatoms. The van der Waals surface area contributed by atoms with Crippen LogP contribution in [0, 0.1) is 0 Å². The standard InChI is InChI=1S/C20H18ClN3O2/c21-18-6-4-14(5-7-18)19-13-24(8-9-26-19)20(25)16-3-1-2-15(10-16)17-11-22-23-12-17/h1-7,10-12,19H,8-9,13H2,(H,22,23)/t19-/m1/s1. The van der Waals surface area contributed by atoms with Crippen LogP contribution in [0.1, 0.15) is 22.0 Å². The molecular formula is C20H18ClN3O2. The number of carbonyl (C=O) groups excluding carboxylic acids is 1. The molecule has 0 aliphatic carbocycles. The van der Waals surface area contributed by atoms with Crippen LogP contribution < -0.4 is 0 Å². The van der Waals surface area contributed by atoms with Gasteiger partial charge in [0, 0.05) is 28.9 Å². The minimum Gasteiger partial charge on any atom is -0.370 e. The Bertz CT molecular complexity index is 894. The summed E-state index contributed by atoms with van der Waals surface area (Å²) in [6.45, 7) is 1.62. The molecule has 1 aliphatic heterocycles. The quantitative estimate of drug-likeness (QED) is 0.762. The number of hydrogen-bond donors (Lipinski definition) is 1. The number of aromatic amines is 1. The number of nitrogens with one attached hydrogen (secondary N) is 1. The smallest absolute Gasteiger partial charge is 0.254 e. The third-order valence-electron chi connectivity index (χ3n) is 4.54. The normalized spacial score (nSPS) is 17.3. The number of amides is 1. The molecule has 132 valence electrons. The topological polar surface area (TPSA) is 58.2 Å². The number of ether oxygens (including phenoxy) is 1. The van der Waals surface area contributed by atoms with Gasteiger partial charge >= 0.3 is 0 Å². The highest BCUT2D eigenvalue weighted by atomic mass is 35.5. The molecule has 5 nitrogen and oxygen atoms in total. The van der Waals surface area contributed by atoms with Gasteiger partial charge in [-0.2, -0.15) is 5.10 Å². The molecule has 0 unspecified atom stereocenters. The number of nitrogens with zero attached hydrogens (tertiary/aromatic N) is 2. The van der Waals surface area contributed by atoms with E-state index in [1.165, 1.54) is 0 Å². The van der Waals surface area contributed by atoms with Crippen LogP contribution in [0.3, 0.4) is 0 Å². The van der Waals surface area contributed by atoms with Gasteiger partial charge in [-0.05, 0) is 35.4 Å². The number of morpholine rings is 1. The SMILES string of the molecule is O=C(c1cccc(-c2cn[nH]c2)c1)N1CCO[C@@H](c2ccc(Cl)cc2)C1. The van der Waals surface area contributed by atoms with Gasteiger partial charge in [-0.3, -0.25) is 9.89 Å². The molecule has 3 aromatic rings. The van der Waals surface area contributed by atoms with E-state index in [1.54, 1.807) is 6.20 Å². The number of benzene rings is 2. The molecular weight excluding hydrogens is 350 g/mol. The van der Waals surface area contributed by atoms with Crippen molar-refractivity contribution >= 4 is 17.5 Å². The summed E-state index contributed by atoms with van der Waals surface area (Å²) in [4.78, 5) is 14.8. The summed E-state index contributed by atoms with van der Waals surface area (Å²) in [5.74, 6) is 0.0117. The molecule has 2 heterocycles. The van der Waals surface area contributed by atoms with E-state index in [-0.39, 0.29) is 12.0 Å². The summed E-state index contributed by atoms with van der Waals surface area (Å²) in [6, 6.07) is 15.2. The number of aromatic nitrogens is 2. The van der Waals surface area contributed by atoms with Crippen molar-refractivity contribution < 1.29 is 9.53 Å². The molecule has 0 bridgehead atoms. The van der Waals surface area contributed by atoms with Crippen LogP contribution in [-0.2, 0) is 4.74 Å². The van der Waals surface area contributed by atoms with Crippen LogP contribution in [0.15, 0.2) is 60.9 Å². The molecule has 0 spiro atoms. The molecule has 4 rings (SSSR count). The second kappa shape index (κ2) is 7.32. The van der Waals surface area contributed by atoms with Gasteiger partial charge in [0.1, 0.15) is 6.10 Å². The van der Waals surface area contributed by atoms with E-state index < -0.39 is 0 Å². The lowest BCUT2D eigenvalue weighted by molar-refractivity contribution is -0.0228. The maximum absolute atomic E-state index is 13.0. The third kappa shape index (κ3) is 3.49. The first-order valence-electron chi connectivity index (χ1n) is 8.46. The van der Waals surface area contributed by atoms with Crippen molar-refractivity contribution in [3.63, 3.8) is 0 Å². The zero-order valence-corrected chi connectivity index (χ0v) is 14.8. The molecule has 1 saturated heterocycles. The van der Waals surface area contributed by atoms with Crippen molar-refractivity contribution in [2.45, 2.75) is 6.10 Å². The molecule has 1 amide bonds. The molecule has 1 fully saturated rings. The minimum atomic E-state index is -0.137. The zero-order chi connectivity index (χ0) is 17.9. The molecule has 1 atom stereocenters. The largest absolute Gasteiger partial charge is 0.370 e. The lowest BCUT2D eigenvalue weighted by Gasteiger charge is -2.33. The van der Waals surface area contributed by atoms with E-state index in [9.17, 15) is 4.79 Å². The fraction of sp³-hybridized carbons (Fsp3) is 0.200. The summed E-state index contributed by atoms with van der Waals surface area (Å²) in [5.41, 5.74) is 3.62. The summed E-state index contributed by atoms with van der Waals surface area (Å²) in [7, 11) is 0. The summed E-state index contributed by atoms with van der Waals surface area (Å²) < 4.78 is 5.85. The van der Waals surface area contributed by atoms with Crippen molar-refractivity contribution in [2.24, 2.45) is 0 Å². The number of H-pyrrole nitrogens is 1. The first kappa shape index (κ1) is 16.8. The van der Waals surface area contributed by atoms with E-state index in [0.717, 1.165) is 16.7 Å². The average Bonchev–Trinajstić information content (AvgIpc) is 3.23. The van der Waals surface area contributed by atoms with Gasteiger partial charge in [-0.25, -0.2) is 0 Å². The second-order valence-corrected chi connectivity index (χ2v) is 6.67. The van der Waals surface area contributed by atoms with Gasteiger partial charge in [-0.15, -0.1) is 0 Å². The highest BCUT2D eigenvalue weighted by Gasteiger charge is 2.26. The summed E-state index contributed by atoms with van der Waals surface area (Å²) in [6.07, 6.45) is 3.42. The van der Waals surface area contributed by atoms with Crippen LogP contribution in [0.25, 0.3) is 11.1 Å². The van der Waals surface area contributed by atoms with Crippen LogP contribution in [-0.4, -0.2) is 40.7 Å². The molecule has 1 N–H and O–H groups in total. The number of carbonyl (C=O) groups is 1. The Hall–Kier alpha value is -2.63. The van der Waals surface area contributed by atoms with Crippen molar-refractivity contribution in [2.75, 3.05) is 19.7 Å². The zero-order valence-electron chi connectivity index (χ0n) is 14.1. The maximum atomic E-state index is 13.0. The fourth-order valence-electron chi connectivity index (χ4n) is 3.14. The molecule has 0 radical (unpaired) electrons. The summed E-state index contributed by atoms with van der Waals surface area (Å²) >= 11 is 5.95. The van der Waals surface area contributed by atoms with Crippen LogP contribution in [0.2, 0.25) is 5.02 Å². The number of halogens is 1. The predicted octanol–water partition coefficient (Wildman–Crippen LogP) is 3.94. The van der Waals surface area contributed by atoms with E-state index in [2.05, 4.69) is 10.2 Å². The maximum Gasteiger partial charge on any atom is 0.254 e. The molecule has 2 aromatic carbocycles. The Morgan fingerprint density at radius 2 is 2.04 bits per heavy atom. The van der Waals surface area contributed by atoms with E-state index in [1.807, 2.05) is 59.6 Å². The molecule has 1 aromatic heterocycles. The monoisotopic (exact) mass is 367 g/mol. The first-order chi connectivity index (χ1) is 12.7. The van der Waals surface area contributed by atoms with Gasteiger partial charge in [0.15, 0.2) is 0 Å². The van der Waals surface area contributed by atoms with Gasteiger partial charge in [0.2, 0.25) is 0 Å². The first-order valence-corrected chi connectivity index (χ1v) is 8.84. The lowest BCUT2D eigenvalue weighted by Crippen LogP contribution is -2.42. The van der Waals surface area contributed by atoms with E-state index in [4.69, 9.17) is 16.3 Å². The van der Waals surface area contributed by atoms with Crippen LogP contribution in [0.4, 0.5) is 0 Å². The van der Waals surface area contributed by atoms with Crippen LogP contribution in [0.5, 0.6) is 0 Å². The second-order valence-electron chi connectivity index (χ2n) is 6.23. The van der Waals surface area contributed by atoms with Crippen molar-refractivity contribution in [3.05, 3.63) is 77.1 Å². The number of rotatable bonds is 3. The number of hydrogen-bond acceptors (Lipinski definition) is 3. The summed E-state index contributed by atoms with van der Waals surface area (Å²) in [5, 5.41) is 7.45. The Morgan fingerprint density at radius 3 is 2.81 bits per heavy atom. The Labute approximate surface area is 156 Å². The molecule has 0 saturated carbocycles. The van der Waals surface area contributed by atoms with Crippen LogP contribution >= 0.6 is 11.6 Å². The highest BCUT2D eigenvalue weighted by Crippen LogP contribution is 2.25. The Kier molecular flexibility index (Phi) is 4.73. The van der Waals surface area contributed by atoms with E-state index >= 15 is 0 Å². The molecule has 1 aliphatic rings. The van der Waals surface area contributed by atoms with Gasteiger partial charge in [0.25, 0.3) is 5.91 Å². The van der Waals surface area contributed by atoms with Crippen molar-refractivity contribution in [1.82, 2.24) is 15.1 Å². The molecule has 26 heavy (non-hydrogen) atoms. The van der Waals surface area contributed by atoms with E-state index in [0.29, 0.717) is 30.3 Å². The van der Waals surface area contributed by atoms with Gasteiger partial charge < -0.3 is 9.64 Å². The Morgan fingerprint density at radius 1 is 1.19 bits per heavy atom. The van der Waals surface area contributed by atoms with Gasteiger partial charge in [-0.1, -0.05) is 35.9 Å². The third-order valence-corrected chi connectivity index (χ3v) is 4.79. The highest BCUT2D eigenvalue weighted by molar-refractivity contribution is 6.30. The van der Waals surface area contributed by atoms with Gasteiger partial charge in [0.05, 0.1) is 19.3 Å².